The molecule has 4 aromatic rings. The molecule has 1 aromatic heterocycles. The Morgan fingerprint density at radius 3 is 2.28 bits per heavy atom. The maximum Gasteiger partial charge on any atom is 0.295 e. The van der Waals surface area contributed by atoms with Crippen molar-refractivity contribution in [2.75, 3.05) is 6.61 Å². The van der Waals surface area contributed by atoms with E-state index in [4.69, 9.17) is 9.47 Å². The molecular weight excluding hydrogens is 406 g/mol. The van der Waals surface area contributed by atoms with Crippen LogP contribution in [0.15, 0.2) is 83.0 Å². The minimum Gasteiger partial charge on any atom is -0.494 e. The number of aryl methyl sites for hydroxylation is 1. The van der Waals surface area contributed by atoms with E-state index in [0.29, 0.717) is 18.8 Å². The van der Waals surface area contributed by atoms with Crippen LogP contribution in [-0.2, 0) is 13.7 Å². The summed E-state index contributed by atoms with van der Waals surface area (Å²) in [6.07, 6.45) is 0. The Morgan fingerprint density at radius 1 is 0.938 bits per heavy atom. The zero-order chi connectivity index (χ0) is 22.5. The van der Waals surface area contributed by atoms with Gasteiger partial charge in [-0.15, -0.1) is 10.2 Å². The molecule has 1 heterocycles. The second-order valence-corrected chi connectivity index (χ2v) is 7.14. The Hall–Kier alpha value is -4.13. The summed E-state index contributed by atoms with van der Waals surface area (Å²) in [4.78, 5) is 12.5. The van der Waals surface area contributed by atoms with Crippen LogP contribution in [0.4, 0.5) is 5.69 Å². The Balaban J connectivity index is 1.41. The number of aromatic hydroxyl groups is 1. The number of rotatable bonds is 7. The first-order valence-corrected chi connectivity index (χ1v) is 10.2. The van der Waals surface area contributed by atoms with Gasteiger partial charge in [0.15, 0.2) is 5.69 Å². The number of hydrogen-bond donors (Lipinski definition) is 1. The molecule has 1 amide bonds. The number of benzene rings is 3. The third-order valence-electron chi connectivity index (χ3n) is 5.03. The second kappa shape index (κ2) is 9.34. The van der Waals surface area contributed by atoms with Gasteiger partial charge in [-0.1, -0.05) is 30.3 Å². The lowest BCUT2D eigenvalue weighted by Gasteiger charge is -2.08. The standard InChI is InChI=1S/C25H23N3O4/c1-3-31-19-12-14-20(15-13-19)32-16-17-8-10-18(11-9-17)24(29)27-26-23-21-6-4-5-7-22(21)28(2)25(23)30/h4-15,30H,3,16H2,1-2H3. The van der Waals surface area contributed by atoms with Crippen LogP contribution in [0.5, 0.6) is 17.4 Å². The summed E-state index contributed by atoms with van der Waals surface area (Å²) >= 11 is 0. The van der Waals surface area contributed by atoms with Crippen molar-refractivity contribution in [3.63, 3.8) is 0 Å². The van der Waals surface area contributed by atoms with Gasteiger partial charge < -0.3 is 19.1 Å². The van der Waals surface area contributed by atoms with Crippen molar-refractivity contribution in [3.8, 4) is 17.4 Å². The molecule has 0 bridgehead atoms. The van der Waals surface area contributed by atoms with Crippen molar-refractivity contribution in [2.45, 2.75) is 13.5 Å². The lowest BCUT2D eigenvalue weighted by molar-refractivity contribution is 0.0995. The number of amides is 1. The zero-order valence-electron chi connectivity index (χ0n) is 17.9. The van der Waals surface area contributed by atoms with Crippen LogP contribution >= 0.6 is 0 Å². The van der Waals surface area contributed by atoms with Gasteiger partial charge in [0.1, 0.15) is 18.1 Å². The summed E-state index contributed by atoms with van der Waals surface area (Å²) in [5.41, 5.74) is 2.40. The van der Waals surface area contributed by atoms with Gasteiger partial charge >= 0.3 is 0 Å². The molecule has 0 saturated carbocycles. The van der Waals surface area contributed by atoms with E-state index in [-0.39, 0.29) is 11.6 Å². The molecule has 3 aromatic carbocycles. The van der Waals surface area contributed by atoms with Crippen LogP contribution in [0.25, 0.3) is 10.9 Å². The molecule has 0 radical (unpaired) electrons. The molecule has 0 aliphatic heterocycles. The van der Waals surface area contributed by atoms with E-state index in [9.17, 15) is 9.90 Å². The molecule has 1 N–H and O–H groups in total. The summed E-state index contributed by atoms with van der Waals surface area (Å²) < 4.78 is 12.8. The molecular formula is C25H23N3O4. The van der Waals surface area contributed by atoms with Gasteiger partial charge in [0.2, 0.25) is 5.88 Å². The molecule has 32 heavy (non-hydrogen) atoms. The van der Waals surface area contributed by atoms with E-state index in [1.54, 1.807) is 23.7 Å². The smallest absolute Gasteiger partial charge is 0.295 e. The van der Waals surface area contributed by atoms with E-state index in [1.807, 2.05) is 67.6 Å². The molecule has 0 spiro atoms. The summed E-state index contributed by atoms with van der Waals surface area (Å²) in [5.74, 6) is 1.01. The van der Waals surface area contributed by atoms with Crippen molar-refractivity contribution in [3.05, 3.63) is 83.9 Å². The Bertz CT molecular complexity index is 1260. The number of carbonyl (C=O) groups is 1. The molecule has 0 aliphatic rings. The minimum atomic E-state index is -0.490. The normalized spacial score (nSPS) is 11.2. The number of nitrogens with zero attached hydrogens (tertiary/aromatic N) is 3. The van der Waals surface area contributed by atoms with Crippen molar-refractivity contribution in [1.29, 1.82) is 0 Å². The monoisotopic (exact) mass is 429 g/mol. The molecule has 0 fully saturated rings. The van der Waals surface area contributed by atoms with E-state index in [1.165, 1.54) is 0 Å². The molecule has 0 atom stereocenters. The molecule has 0 unspecified atom stereocenters. The molecule has 0 aliphatic carbocycles. The highest BCUT2D eigenvalue weighted by Gasteiger charge is 2.14. The van der Waals surface area contributed by atoms with Gasteiger partial charge in [-0.3, -0.25) is 4.79 Å². The van der Waals surface area contributed by atoms with Crippen LogP contribution in [0.2, 0.25) is 0 Å². The van der Waals surface area contributed by atoms with Crippen LogP contribution in [0.3, 0.4) is 0 Å². The van der Waals surface area contributed by atoms with Crippen molar-refractivity contribution in [1.82, 2.24) is 4.57 Å². The van der Waals surface area contributed by atoms with E-state index >= 15 is 0 Å². The molecule has 7 nitrogen and oxygen atoms in total. The Morgan fingerprint density at radius 2 is 1.59 bits per heavy atom. The second-order valence-electron chi connectivity index (χ2n) is 7.14. The predicted molar refractivity (Wildman–Crippen MR) is 122 cm³/mol. The largest absolute Gasteiger partial charge is 0.494 e. The average molecular weight is 429 g/mol. The van der Waals surface area contributed by atoms with Gasteiger partial charge in [-0.05, 0) is 55.0 Å². The summed E-state index contributed by atoms with van der Waals surface area (Å²) in [5, 5.41) is 18.9. The summed E-state index contributed by atoms with van der Waals surface area (Å²) in [6, 6.07) is 21.8. The van der Waals surface area contributed by atoms with Gasteiger partial charge in [-0.25, -0.2) is 0 Å². The highest BCUT2D eigenvalue weighted by Crippen LogP contribution is 2.37. The number of aromatic nitrogens is 1. The van der Waals surface area contributed by atoms with Crippen LogP contribution in [0.1, 0.15) is 22.8 Å². The number of para-hydroxylation sites is 1. The third kappa shape index (κ3) is 4.46. The van der Waals surface area contributed by atoms with Crippen molar-refractivity contribution in [2.24, 2.45) is 17.3 Å². The fourth-order valence-corrected chi connectivity index (χ4v) is 3.32. The lowest BCUT2D eigenvalue weighted by Crippen LogP contribution is -1.98. The highest BCUT2D eigenvalue weighted by atomic mass is 16.5. The first-order valence-electron chi connectivity index (χ1n) is 10.2. The first-order chi connectivity index (χ1) is 15.6. The van der Waals surface area contributed by atoms with E-state index in [0.717, 1.165) is 28.0 Å². The number of fused-ring (bicyclic) bond motifs is 1. The topological polar surface area (TPSA) is 85.4 Å². The maximum absolute atomic E-state index is 12.5. The Kier molecular flexibility index (Phi) is 6.17. The van der Waals surface area contributed by atoms with Gasteiger partial charge in [0, 0.05) is 18.0 Å². The fourth-order valence-electron chi connectivity index (χ4n) is 3.32. The van der Waals surface area contributed by atoms with Crippen LogP contribution in [-0.4, -0.2) is 22.2 Å². The molecule has 0 saturated heterocycles. The van der Waals surface area contributed by atoms with Gasteiger partial charge in [-0.2, -0.15) is 0 Å². The molecule has 162 valence electrons. The molecule has 4 rings (SSSR count). The van der Waals surface area contributed by atoms with E-state index < -0.39 is 5.91 Å². The number of azo groups is 1. The number of hydrogen-bond acceptors (Lipinski definition) is 5. The SMILES string of the molecule is CCOc1ccc(OCc2ccc(C(=O)N=Nc3c(O)n(C)c4ccccc34)cc2)cc1. The summed E-state index contributed by atoms with van der Waals surface area (Å²) in [6.45, 7) is 2.93. The maximum atomic E-state index is 12.5. The zero-order valence-corrected chi connectivity index (χ0v) is 17.9. The van der Waals surface area contributed by atoms with Gasteiger partial charge in [0.05, 0.1) is 12.1 Å². The van der Waals surface area contributed by atoms with Crippen LogP contribution in [0, 0.1) is 0 Å². The summed E-state index contributed by atoms with van der Waals surface area (Å²) in [7, 11) is 1.73. The van der Waals surface area contributed by atoms with E-state index in [2.05, 4.69) is 10.2 Å². The van der Waals surface area contributed by atoms with Gasteiger partial charge in [0.25, 0.3) is 5.91 Å². The third-order valence-corrected chi connectivity index (χ3v) is 5.03. The van der Waals surface area contributed by atoms with Crippen molar-refractivity contribution < 1.29 is 19.4 Å². The predicted octanol–water partition coefficient (Wildman–Crippen LogP) is 5.79. The Labute approximate surface area is 185 Å². The lowest BCUT2D eigenvalue weighted by atomic mass is 10.1. The quantitative estimate of drug-likeness (QED) is 0.377. The molecule has 7 heteroatoms. The minimum absolute atomic E-state index is 0.0375. The average Bonchev–Trinajstić information content (AvgIpc) is 3.07. The first kappa shape index (κ1) is 21.1. The van der Waals surface area contributed by atoms with Crippen molar-refractivity contribution >= 4 is 22.5 Å². The van der Waals surface area contributed by atoms with Crippen LogP contribution < -0.4 is 9.47 Å². The number of carbonyl (C=O) groups excluding carboxylic acids is 1. The number of ether oxygens (including phenoxy) is 2. The highest BCUT2D eigenvalue weighted by molar-refractivity contribution is 5.97. The fraction of sp³-hybridized carbons (Fsp3) is 0.160.